The molecule has 0 radical (unpaired) electrons. The second kappa shape index (κ2) is 3.78. The van der Waals surface area contributed by atoms with E-state index in [4.69, 9.17) is 15.6 Å². The summed E-state index contributed by atoms with van der Waals surface area (Å²) in [5.74, 6) is 0.324. The number of nitrogens with zero attached hydrogens (tertiary/aromatic N) is 2. The maximum atomic E-state index is 9.65. The summed E-state index contributed by atoms with van der Waals surface area (Å²) in [4.78, 5) is 0. The quantitative estimate of drug-likeness (QED) is 0.457. The molecule has 1 saturated heterocycles. The molecule has 0 unspecified atom stereocenters. The van der Waals surface area contributed by atoms with E-state index in [-0.39, 0.29) is 6.61 Å². The fraction of sp³-hybridized carbons (Fsp3) is 0.625. The van der Waals surface area contributed by atoms with Crippen molar-refractivity contribution < 1.29 is 20.1 Å². The van der Waals surface area contributed by atoms with Crippen LogP contribution in [0.1, 0.15) is 6.23 Å². The highest BCUT2D eigenvalue weighted by molar-refractivity contribution is 5.26. The third-order valence-corrected chi connectivity index (χ3v) is 2.46. The van der Waals surface area contributed by atoms with Gasteiger partial charge in [0.1, 0.15) is 24.1 Å². The van der Waals surface area contributed by atoms with Crippen LogP contribution in [0.15, 0.2) is 12.3 Å². The summed E-state index contributed by atoms with van der Waals surface area (Å²) in [6, 6.07) is 1.55. The van der Waals surface area contributed by atoms with E-state index in [2.05, 4.69) is 5.10 Å². The molecule has 15 heavy (non-hydrogen) atoms. The Balaban J connectivity index is 2.22. The average molecular weight is 215 g/mol. The molecule has 0 bridgehead atoms. The molecule has 0 amide bonds. The maximum absolute atomic E-state index is 9.65. The zero-order valence-electron chi connectivity index (χ0n) is 7.89. The molecule has 0 aliphatic carbocycles. The van der Waals surface area contributed by atoms with Gasteiger partial charge in [0, 0.05) is 6.07 Å². The molecule has 7 heteroatoms. The number of hydrogen-bond acceptors (Lipinski definition) is 6. The van der Waals surface area contributed by atoms with E-state index in [9.17, 15) is 10.2 Å². The monoisotopic (exact) mass is 215 g/mol. The summed E-state index contributed by atoms with van der Waals surface area (Å²) >= 11 is 0. The first kappa shape index (κ1) is 10.4. The van der Waals surface area contributed by atoms with Gasteiger partial charge in [0.15, 0.2) is 6.23 Å². The third kappa shape index (κ3) is 1.59. The molecule has 1 aliphatic rings. The van der Waals surface area contributed by atoms with Crippen molar-refractivity contribution in [1.82, 2.24) is 9.78 Å². The lowest BCUT2D eigenvalue weighted by atomic mass is 10.1. The van der Waals surface area contributed by atoms with Crippen LogP contribution in [0.4, 0.5) is 5.82 Å². The van der Waals surface area contributed by atoms with Crippen molar-refractivity contribution in [3.8, 4) is 0 Å². The summed E-state index contributed by atoms with van der Waals surface area (Å²) in [5.41, 5.74) is 5.58. The van der Waals surface area contributed by atoms with Crippen LogP contribution in [-0.4, -0.2) is 50.0 Å². The minimum atomic E-state index is -1.15. The number of aliphatic hydroxyl groups is 3. The van der Waals surface area contributed by atoms with Crippen molar-refractivity contribution in [3.63, 3.8) is 0 Å². The normalized spacial score (nSPS) is 35.9. The summed E-state index contributed by atoms with van der Waals surface area (Å²) in [7, 11) is 0. The van der Waals surface area contributed by atoms with Gasteiger partial charge in [-0.3, -0.25) is 0 Å². The predicted octanol–water partition coefficient (Wildman–Crippen LogP) is -1.92. The molecule has 2 heterocycles. The molecule has 0 aromatic carbocycles. The molecule has 2 rings (SSSR count). The number of rotatable bonds is 2. The van der Waals surface area contributed by atoms with E-state index in [1.165, 1.54) is 10.9 Å². The van der Waals surface area contributed by atoms with Gasteiger partial charge in [0.25, 0.3) is 0 Å². The SMILES string of the molecule is Nc1ccnn1[C@@H]1O[C@H](CO)[C@@H](O)[C@H]1O. The van der Waals surface area contributed by atoms with Gasteiger partial charge in [-0.15, -0.1) is 0 Å². The van der Waals surface area contributed by atoms with Gasteiger partial charge in [-0.25, -0.2) is 4.68 Å². The number of anilines is 1. The zero-order valence-corrected chi connectivity index (χ0v) is 7.89. The number of hydrogen-bond donors (Lipinski definition) is 4. The minimum Gasteiger partial charge on any atom is -0.394 e. The molecule has 1 aliphatic heterocycles. The second-order valence-electron chi connectivity index (χ2n) is 3.43. The van der Waals surface area contributed by atoms with Gasteiger partial charge in [-0.1, -0.05) is 0 Å². The average Bonchev–Trinajstić information content (AvgIpc) is 2.74. The Hall–Kier alpha value is -1.15. The lowest BCUT2D eigenvalue weighted by molar-refractivity contribution is -0.0574. The van der Waals surface area contributed by atoms with Gasteiger partial charge < -0.3 is 25.8 Å². The lowest BCUT2D eigenvalue weighted by Crippen LogP contribution is -2.33. The van der Waals surface area contributed by atoms with Crippen molar-refractivity contribution in [3.05, 3.63) is 12.3 Å². The number of nitrogen functional groups attached to an aromatic ring is 1. The van der Waals surface area contributed by atoms with Gasteiger partial charge in [0.05, 0.1) is 12.8 Å². The highest BCUT2D eigenvalue weighted by Gasteiger charge is 2.44. The Morgan fingerprint density at radius 1 is 1.47 bits per heavy atom. The fourth-order valence-electron chi connectivity index (χ4n) is 1.62. The smallest absolute Gasteiger partial charge is 0.181 e. The first-order valence-electron chi connectivity index (χ1n) is 4.56. The highest BCUT2D eigenvalue weighted by Crippen LogP contribution is 2.29. The summed E-state index contributed by atoms with van der Waals surface area (Å²) in [6.07, 6.45) is -2.49. The molecular weight excluding hydrogens is 202 g/mol. The number of nitrogens with two attached hydrogens (primary N) is 1. The Morgan fingerprint density at radius 2 is 2.20 bits per heavy atom. The largest absolute Gasteiger partial charge is 0.394 e. The Morgan fingerprint density at radius 3 is 2.67 bits per heavy atom. The van der Waals surface area contributed by atoms with Crippen LogP contribution in [0.5, 0.6) is 0 Å². The molecule has 5 N–H and O–H groups in total. The van der Waals surface area contributed by atoms with Crippen molar-refractivity contribution >= 4 is 5.82 Å². The fourth-order valence-corrected chi connectivity index (χ4v) is 1.62. The van der Waals surface area contributed by atoms with Crippen LogP contribution in [0.3, 0.4) is 0 Å². The molecule has 84 valence electrons. The van der Waals surface area contributed by atoms with Gasteiger partial charge >= 0.3 is 0 Å². The second-order valence-corrected chi connectivity index (χ2v) is 3.43. The minimum absolute atomic E-state index is 0.324. The Kier molecular flexibility index (Phi) is 2.61. The van der Waals surface area contributed by atoms with Crippen molar-refractivity contribution in [2.45, 2.75) is 24.5 Å². The van der Waals surface area contributed by atoms with Gasteiger partial charge in [0.2, 0.25) is 0 Å². The van der Waals surface area contributed by atoms with E-state index < -0.39 is 24.5 Å². The van der Waals surface area contributed by atoms with E-state index in [1.54, 1.807) is 6.07 Å². The summed E-state index contributed by atoms with van der Waals surface area (Å²) in [6.45, 7) is -0.365. The zero-order chi connectivity index (χ0) is 11.0. The van der Waals surface area contributed by atoms with Crippen molar-refractivity contribution in [1.29, 1.82) is 0 Å². The standard InChI is InChI=1S/C8H13N3O4/c9-5-1-2-10-11(5)8-7(14)6(13)4(3-12)15-8/h1-2,4,6-8,12-14H,3,9H2/t4-,6-,7-,8-/m1/s1. The highest BCUT2D eigenvalue weighted by atomic mass is 16.6. The van der Waals surface area contributed by atoms with Gasteiger partial charge in [-0.05, 0) is 0 Å². The third-order valence-electron chi connectivity index (χ3n) is 2.46. The van der Waals surface area contributed by atoms with Crippen LogP contribution < -0.4 is 5.73 Å². The first-order chi connectivity index (χ1) is 7.15. The number of aliphatic hydroxyl groups excluding tert-OH is 3. The topological polar surface area (TPSA) is 114 Å². The molecule has 0 spiro atoms. The van der Waals surface area contributed by atoms with Crippen LogP contribution in [0, 0.1) is 0 Å². The number of aromatic nitrogens is 2. The Labute approximate surface area is 85.7 Å². The molecule has 1 fully saturated rings. The molecule has 0 saturated carbocycles. The van der Waals surface area contributed by atoms with Crippen LogP contribution >= 0.6 is 0 Å². The van der Waals surface area contributed by atoms with E-state index in [0.717, 1.165) is 0 Å². The van der Waals surface area contributed by atoms with Crippen LogP contribution in [-0.2, 0) is 4.74 Å². The molecule has 1 aromatic heterocycles. The van der Waals surface area contributed by atoms with E-state index >= 15 is 0 Å². The van der Waals surface area contributed by atoms with Crippen LogP contribution in [0.2, 0.25) is 0 Å². The maximum Gasteiger partial charge on any atom is 0.181 e. The predicted molar refractivity (Wildman–Crippen MR) is 49.6 cm³/mol. The van der Waals surface area contributed by atoms with E-state index in [1.807, 2.05) is 0 Å². The molecule has 7 nitrogen and oxygen atoms in total. The first-order valence-corrected chi connectivity index (χ1v) is 4.56. The van der Waals surface area contributed by atoms with E-state index in [0.29, 0.717) is 5.82 Å². The Bertz CT molecular complexity index is 342. The lowest BCUT2D eigenvalue weighted by Gasteiger charge is -2.16. The van der Waals surface area contributed by atoms with Gasteiger partial charge in [-0.2, -0.15) is 5.10 Å². The molecular formula is C8H13N3O4. The summed E-state index contributed by atoms with van der Waals surface area (Å²) < 4.78 is 6.50. The summed E-state index contributed by atoms with van der Waals surface area (Å²) in [5, 5.41) is 31.9. The number of ether oxygens (including phenoxy) is 1. The van der Waals surface area contributed by atoms with Crippen molar-refractivity contribution in [2.24, 2.45) is 0 Å². The van der Waals surface area contributed by atoms with Crippen LogP contribution in [0.25, 0.3) is 0 Å². The van der Waals surface area contributed by atoms with Crippen molar-refractivity contribution in [2.75, 3.05) is 12.3 Å². The molecule has 4 atom stereocenters. The molecule has 1 aromatic rings.